The Morgan fingerprint density at radius 1 is 0.964 bits per heavy atom. The Hall–Kier alpha value is -3.02. The molecule has 5 nitrogen and oxygen atoms in total. The van der Waals surface area contributed by atoms with Gasteiger partial charge in [-0.2, -0.15) is 0 Å². The number of carbonyl (C=O) groups is 3. The lowest BCUT2D eigenvalue weighted by Crippen LogP contribution is -2.29. The number of rotatable bonds is 4. The summed E-state index contributed by atoms with van der Waals surface area (Å²) in [5.74, 6) is -1.58. The highest BCUT2D eigenvalue weighted by Gasteiger charge is 2.37. The fraction of sp³-hybridized carbons (Fsp3) is 0.318. The number of hydrogen-bond acceptors (Lipinski definition) is 4. The molecule has 2 amide bonds. The van der Waals surface area contributed by atoms with Crippen LogP contribution >= 0.6 is 0 Å². The van der Waals surface area contributed by atoms with Crippen molar-refractivity contribution in [3.05, 3.63) is 65.0 Å². The van der Waals surface area contributed by atoms with E-state index in [1.807, 2.05) is 0 Å². The second-order valence-corrected chi connectivity index (χ2v) is 7.28. The van der Waals surface area contributed by atoms with Gasteiger partial charge in [0, 0.05) is 0 Å². The minimum absolute atomic E-state index is 0.154. The van der Waals surface area contributed by atoms with Crippen LogP contribution in [0.2, 0.25) is 0 Å². The first-order valence-corrected chi connectivity index (χ1v) is 9.50. The van der Waals surface area contributed by atoms with Crippen LogP contribution in [0.15, 0.2) is 42.5 Å². The average molecular weight is 381 g/mol. The Labute approximate surface area is 162 Å². The van der Waals surface area contributed by atoms with Gasteiger partial charge in [-0.3, -0.25) is 9.59 Å². The van der Waals surface area contributed by atoms with Gasteiger partial charge in [-0.05, 0) is 61.2 Å². The highest BCUT2D eigenvalue weighted by Crippen LogP contribution is 2.30. The molecular formula is C22H20FNO4. The second kappa shape index (κ2) is 7.54. The lowest BCUT2D eigenvalue weighted by atomic mass is 9.90. The van der Waals surface area contributed by atoms with Crippen molar-refractivity contribution in [2.75, 3.05) is 11.5 Å². The lowest BCUT2D eigenvalue weighted by molar-refractivity contribution is 0.0410. The van der Waals surface area contributed by atoms with Gasteiger partial charge in [0.25, 0.3) is 11.8 Å². The minimum Gasteiger partial charge on any atom is -0.462 e. The topological polar surface area (TPSA) is 63.7 Å². The average Bonchev–Trinajstić information content (AvgIpc) is 2.97. The Morgan fingerprint density at radius 3 is 2.36 bits per heavy atom. The summed E-state index contributed by atoms with van der Waals surface area (Å²) in [4.78, 5) is 38.7. The van der Waals surface area contributed by atoms with Gasteiger partial charge in [-0.15, -0.1) is 0 Å². The maximum atomic E-state index is 13.1. The Bertz CT molecular complexity index is 932. The molecule has 2 aromatic carbocycles. The number of benzene rings is 2. The molecule has 28 heavy (non-hydrogen) atoms. The highest BCUT2D eigenvalue weighted by atomic mass is 19.1. The van der Waals surface area contributed by atoms with Gasteiger partial charge in [0.05, 0.1) is 29.0 Å². The molecule has 0 N–H and O–H groups in total. The van der Waals surface area contributed by atoms with Crippen LogP contribution in [0.1, 0.15) is 63.2 Å². The van der Waals surface area contributed by atoms with Crippen LogP contribution in [0.3, 0.4) is 0 Å². The number of fused-ring (bicyclic) bond motifs is 1. The summed E-state index contributed by atoms with van der Waals surface area (Å²) >= 11 is 0. The molecule has 0 unspecified atom stereocenters. The van der Waals surface area contributed by atoms with Crippen LogP contribution in [0.4, 0.5) is 10.1 Å². The van der Waals surface area contributed by atoms with Crippen molar-refractivity contribution < 1.29 is 23.5 Å². The van der Waals surface area contributed by atoms with Gasteiger partial charge < -0.3 is 4.74 Å². The van der Waals surface area contributed by atoms with E-state index < -0.39 is 23.6 Å². The van der Waals surface area contributed by atoms with Crippen molar-refractivity contribution in [3.8, 4) is 0 Å². The number of imide groups is 1. The van der Waals surface area contributed by atoms with Crippen LogP contribution in [-0.4, -0.2) is 24.4 Å². The monoisotopic (exact) mass is 381 g/mol. The number of hydrogen-bond donors (Lipinski definition) is 0. The Balaban J connectivity index is 1.51. The summed E-state index contributed by atoms with van der Waals surface area (Å²) in [6.45, 7) is 0.379. The molecule has 0 aromatic heterocycles. The van der Waals surface area contributed by atoms with Crippen molar-refractivity contribution in [1.29, 1.82) is 0 Å². The molecule has 2 aliphatic rings. The zero-order valence-electron chi connectivity index (χ0n) is 15.3. The molecular weight excluding hydrogens is 361 g/mol. The molecule has 0 bridgehead atoms. The van der Waals surface area contributed by atoms with Gasteiger partial charge in [0.15, 0.2) is 0 Å². The first-order chi connectivity index (χ1) is 13.5. The SMILES string of the molecule is O=C(OCC1CCCCC1)c1ccc2c(c1)C(=O)N(c1ccc(F)cc1)C2=O. The van der Waals surface area contributed by atoms with E-state index in [1.165, 1.54) is 48.9 Å². The third-order valence-electron chi connectivity index (χ3n) is 5.38. The fourth-order valence-electron chi connectivity index (χ4n) is 3.82. The predicted octanol–water partition coefficient (Wildman–Crippen LogP) is 4.36. The third-order valence-corrected chi connectivity index (χ3v) is 5.38. The molecule has 4 rings (SSSR count). The summed E-state index contributed by atoms with van der Waals surface area (Å²) in [5.41, 5.74) is 0.908. The van der Waals surface area contributed by atoms with Crippen molar-refractivity contribution in [3.63, 3.8) is 0 Å². The number of amides is 2. The van der Waals surface area contributed by atoms with E-state index in [-0.39, 0.29) is 22.4 Å². The molecule has 0 radical (unpaired) electrons. The zero-order valence-corrected chi connectivity index (χ0v) is 15.3. The molecule has 6 heteroatoms. The Morgan fingerprint density at radius 2 is 1.64 bits per heavy atom. The van der Waals surface area contributed by atoms with E-state index in [4.69, 9.17) is 4.74 Å². The van der Waals surface area contributed by atoms with Crippen LogP contribution in [0.25, 0.3) is 0 Å². The van der Waals surface area contributed by atoms with Gasteiger partial charge in [-0.1, -0.05) is 19.3 Å². The molecule has 1 fully saturated rings. The van der Waals surface area contributed by atoms with Crippen LogP contribution < -0.4 is 4.90 Å². The molecule has 1 heterocycles. The first-order valence-electron chi connectivity index (χ1n) is 9.50. The van der Waals surface area contributed by atoms with E-state index in [9.17, 15) is 18.8 Å². The second-order valence-electron chi connectivity index (χ2n) is 7.28. The molecule has 2 aromatic rings. The number of carbonyl (C=O) groups excluding carboxylic acids is 3. The van der Waals surface area contributed by atoms with Gasteiger partial charge >= 0.3 is 5.97 Å². The number of esters is 1. The van der Waals surface area contributed by atoms with E-state index in [0.29, 0.717) is 12.5 Å². The molecule has 1 aliphatic carbocycles. The molecule has 0 spiro atoms. The highest BCUT2D eigenvalue weighted by molar-refractivity contribution is 6.34. The third kappa shape index (κ3) is 3.42. The van der Waals surface area contributed by atoms with E-state index in [2.05, 4.69) is 0 Å². The number of halogens is 1. The summed E-state index contributed by atoms with van der Waals surface area (Å²) in [7, 11) is 0. The van der Waals surface area contributed by atoms with Gasteiger partial charge in [0.2, 0.25) is 0 Å². The fourth-order valence-corrected chi connectivity index (χ4v) is 3.82. The van der Waals surface area contributed by atoms with Crippen LogP contribution in [0.5, 0.6) is 0 Å². The normalized spacial score (nSPS) is 17.0. The lowest BCUT2D eigenvalue weighted by Gasteiger charge is -2.21. The largest absolute Gasteiger partial charge is 0.462 e. The minimum atomic E-state index is -0.534. The summed E-state index contributed by atoms with van der Waals surface area (Å²) in [6, 6.07) is 9.49. The molecule has 1 saturated carbocycles. The standard InChI is InChI=1S/C22H20FNO4/c23-16-7-9-17(10-8-16)24-20(25)18-11-6-15(12-19(18)21(24)26)22(27)28-13-14-4-2-1-3-5-14/h6-12,14H,1-5,13H2. The predicted molar refractivity (Wildman–Crippen MR) is 101 cm³/mol. The summed E-state index contributed by atoms with van der Waals surface area (Å²) in [5, 5.41) is 0. The van der Waals surface area contributed by atoms with Crippen molar-refractivity contribution >= 4 is 23.5 Å². The van der Waals surface area contributed by atoms with E-state index in [0.717, 1.165) is 30.6 Å². The maximum Gasteiger partial charge on any atom is 0.338 e. The molecule has 0 atom stereocenters. The van der Waals surface area contributed by atoms with E-state index in [1.54, 1.807) is 0 Å². The van der Waals surface area contributed by atoms with Crippen LogP contribution in [-0.2, 0) is 4.74 Å². The van der Waals surface area contributed by atoms with Crippen molar-refractivity contribution in [1.82, 2.24) is 0 Å². The zero-order chi connectivity index (χ0) is 19.7. The number of nitrogens with zero attached hydrogens (tertiary/aromatic N) is 1. The maximum absolute atomic E-state index is 13.1. The Kier molecular flexibility index (Phi) is 4.94. The van der Waals surface area contributed by atoms with Gasteiger partial charge in [0.1, 0.15) is 5.82 Å². The quantitative estimate of drug-likeness (QED) is 0.583. The van der Waals surface area contributed by atoms with Crippen molar-refractivity contribution in [2.24, 2.45) is 5.92 Å². The summed E-state index contributed by atoms with van der Waals surface area (Å²) < 4.78 is 18.6. The molecule has 0 saturated heterocycles. The summed E-state index contributed by atoms with van der Waals surface area (Å²) in [6.07, 6.45) is 5.69. The van der Waals surface area contributed by atoms with Gasteiger partial charge in [-0.25, -0.2) is 14.1 Å². The smallest absolute Gasteiger partial charge is 0.338 e. The first kappa shape index (κ1) is 18.3. The van der Waals surface area contributed by atoms with Crippen LogP contribution in [0, 0.1) is 11.7 Å². The van der Waals surface area contributed by atoms with E-state index >= 15 is 0 Å². The number of anilines is 1. The number of ether oxygens (including phenoxy) is 1. The molecule has 144 valence electrons. The molecule has 1 aliphatic heterocycles. The van der Waals surface area contributed by atoms with Crippen molar-refractivity contribution in [2.45, 2.75) is 32.1 Å².